The molecule has 0 aliphatic rings. The number of methoxy groups -OCH3 is 1. The Labute approximate surface area is 180 Å². The molecular formula is C21H17N7O2S. The van der Waals surface area contributed by atoms with Crippen molar-refractivity contribution >= 4 is 22.8 Å². The summed E-state index contributed by atoms with van der Waals surface area (Å²) in [7, 11) is 1.62. The summed E-state index contributed by atoms with van der Waals surface area (Å²) in [6.07, 6.45) is 3.16. The molecule has 0 aliphatic heterocycles. The summed E-state index contributed by atoms with van der Waals surface area (Å²) in [4.78, 5) is 20.1. The molecule has 5 rings (SSSR count). The third-order valence-corrected chi connectivity index (χ3v) is 5.64. The number of aromatic nitrogens is 7. The standard InChI is InChI=1S/C21H17N7O2S/c1-30-17-10-6-5-9-16(17)27-13-22-26-21(27)31-12-18-24-19-15(20(29)25-18)11-23-28(19)14-7-3-2-4-8-14/h2-11,13H,12H2,1H3,(H,24,25,29). The Kier molecular flexibility index (Phi) is 4.97. The van der Waals surface area contributed by atoms with Crippen LogP contribution in [-0.4, -0.2) is 41.6 Å². The third-order valence-electron chi connectivity index (χ3n) is 4.69. The van der Waals surface area contributed by atoms with Crippen LogP contribution >= 0.6 is 11.8 Å². The molecule has 1 N–H and O–H groups in total. The van der Waals surface area contributed by atoms with Gasteiger partial charge in [0.2, 0.25) is 0 Å². The number of rotatable bonds is 6. The molecule has 0 atom stereocenters. The van der Waals surface area contributed by atoms with Crippen LogP contribution in [-0.2, 0) is 5.75 Å². The van der Waals surface area contributed by atoms with Crippen molar-refractivity contribution in [1.82, 2.24) is 34.5 Å². The van der Waals surface area contributed by atoms with Crippen molar-refractivity contribution in [1.29, 1.82) is 0 Å². The summed E-state index contributed by atoms with van der Waals surface area (Å²) in [5, 5.41) is 13.7. The Morgan fingerprint density at radius 3 is 2.74 bits per heavy atom. The lowest BCUT2D eigenvalue weighted by atomic mass is 10.3. The first-order valence-corrected chi connectivity index (χ1v) is 10.4. The number of nitrogens with zero attached hydrogens (tertiary/aromatic N) is 6. The molecule has 154 valence electrons. The second-order valence-electron chi connectivity index (χ2n) is 6.59. The first-order chi connectivity index (χ1) is 15.2. The molecule has 0 amide bonds. The van der Waals surface area contributed by atoms with Gasteiger partial charge >= 0.3 is 0 Å². The fourth-order valence-electron chi connectivity index (χ4n) is 3.24. The SMILES string of the molecule is COc1ccccc1-n1cnnc1SCc1nc2c(cnn2-c2ccccc2)c(=O)[nH]1. The maximum Gasteiger partial charge on any atom is 0.262 e. The van der Waals surface area contributed by atoms with Crippen molar-refractivity contribution in [2.45, 2.75) is 10.9 Å². The number of benzene rings is 2. The minimum Gasteiger partial charge on any atom is -0.495 e. The Morgan fingerprint density at radius 2 is 1.90 bits per heavy atom. The Morgan fingerprint density at radius 1 is 1.10 bits per heavy atom. The predicted molar refractivity (Wildman–Crippen MR) is 117 cm³/mol. The van der Waals surface area contributed by atoms with Crippen molar-refractivity contribution in [2.24, 2.45) is 0 Å². The molecule has 0 fully saturated rings. The normalized spacial score (nSPS) is 11.1. The lowest BCUT2D eigenvalue weighted by molar-refractivity contribution is 0.412. The van der Waals surface area contributed by atoms with E-state index in [1.165, 1.54) is 18.0 Å². The van der Waals surface area contributed by atoms with E-state index in [2.05, 4.69) is 25.3 Å². The van der Waals surface area contributed by atoms with Crippen LogP contribution in [0.1, 0.15) is 5.82 Å². The maximum atomic E-state index is 12.6. The smallest absolute Gasteiger partial charge is 0.262 e. The van der Waals surface area contributed by atoms with Gasteiger partial charge in [0.15, 0.2) is 10.8 Å². The first-order valence-electron chi connectivity index (χ1n) is 9.43. The van der Waals surface area contributed by atoms with Gasteiger partial charge < -0.3 is 9.72 Å². The maximum absolute atomic E-state index is 12.6. The van der Waals surface area contributed by atoms with Gasteiger partial charge in [0.25, 0.3) is 5.56 Å². The van der Waals surface area contributed by atoms with E-state index in [1.54, 1.807) is 18.1 Å². The molecule has 0 unspecified atom stereocenters. The lowest BCUT2D eigenvalue weighted by Crippen LogP contribution is -2.12. The van der Waals surface area contributed by atoms with Crippen LogP contribution < -0.4 is 10.3 Å². The van der Waals surface area contributed by atoms with Crippen LogP contribution in [0.25, 0.3) is 22.4 Å². The van der Waals surface area contributed by atoms with E-state index in [0.717, 1.165) is 11.4 Å². The van der Waals surface area contributed by atoms with E-state index in [9.17, 15) is 4.79 Å². The third kappa shape index (κ3) is 3.57. The number of nitrogens with one attached hydrogen (secondary N) is 1. The molecule has 0 aliphatic carbocycles. The van der Waals surface area contributed by atoms with Gasteiger partial charge in [-0.25, -0.2) is 9.67 Å². The van der Waals surface area contributed by atoms with E-state index >= 15 is 0 Å². The van der Waals surface area contributed by atoms with E-state index < -0.39 is 0 Å². The van der Waals surface area contributed by atoms with Gasteiger partial charge in [-0.3, -0.25) is 9.36 Å². The first kappa shape index (κ1) is 19.1. The predicted octanol–water partition coefficient (Wildman–Crippen LogP) is 2.99. The van der Waals surface area contributed by atoms with Gasteiger partial charge in [0.1, 0.15) is 23.3 Å². The number of aromatic amines is 1. The van der Waals surface area contributed by atoms with E-state index in [0.29, 0.717) is 33.5 Å². The average molecular weight is 431 g/mol. The van der Waals surface area contributed by atoms with Crippen LogP contribution in [0.15, 0.2) is 77.1 Å². The van der Waals surface area contributed by atoms with Gasteiger partial charge in [-0.1, -0.05) is 42.1 Å². The molecule has 0 bridgehead atoms. The zero-order valence-electron chi connectivity index (χ0n) is 16.5. The summed E-state index contributed by atoms with van der Waals surface area (Å²) in [6.45, 7) is 0. The fraction of sp³-hybridized carbons (Fsp3) is 0.0952. The molecular weight excluding hydrogens is 414 g/mol. The number of H-pyrrole nitrogens is 1. The number of para-hydroxylation sites is 3. The number of hydrogen-bond donors (Lipinski definition) is 1. The largest absolute Gasteiger partial charge is 0.495 e. The quantitative estimate of drug-likeness (QED) is 0.412. The zero-order valence-corrected chi connectivity index (χ0v) is 17.3. The van der Waals surface area contributed by atoms with Crippen molar-refractivity contribution in [2.75, 3.05) is 7.11 Å². The summed E-state index contributed by atoms with van der Waals surface area (Å²) < 4.78 is 8.95. The second kappa shape index (κ2) is 8.07. The van der Waals surface area contributed by atoms with Gasteiger partial charge in [-0.15, -0.1) is 10.2 Å². The van der Waals surface area contributed by atoms with Crippen LogP contribution in [0.5, 0.6) is 5.75 Å². The summed E-state index contributed by atoms with van der Waals surface area (Å²) in [5.41, 5.74) is 1.95. The highest BCUT2D eigenvalue weighted by Gasteiger charge is 2.14. The van der Waals surface area contributed by atoms with Crippen LogP contribution in [0.2, 0.25) is 0 Å². The minimum atomic E-state index is -0.228. The Balaban J connectivity index is 1.47. The number of hydrogen-bond acceptors (Lipinski definition) is 7. The Hall–Kier alpha value is -3.92. The van der Waals surface area contributed by atoms with Crippen LogP contribution in [0.3, 0.4) is 0 Å². The molecule has 0 radical (unpaired) electrons. The topological polar surface area (TPSA) is 104 Å². The van der Waals surface area contributed by atoms with Crippen molar-refractivity contribution < 1.29 is 4.74 Å². The van der Waals surface area contributed by atoms with Gasteiger partial charge in [-0.05, 0) is 24.3 Å². The van der Waals surface area contributed by atoms with E-state index in [4.69, 9.17) is 4.74 Å². The average Bonchev–Trinajstić information content (AvgIpc) is 3.45. The summed E-state index contributed by atoms with van der Waals surface area (Å²) in [6, 6.07) is 17.2. The highest BCUT2D eigenvalue weighted by molar-refractivity contribution is 7.98. The van der Waals surface area contributed by atoms with Crippen molar-refractivity contribution in [3.63, 3.8) is 0 Å². The fourth-order valence-corrected chi connectivity index (χ4v) is 4.03. The van der Waals surface area contributed by atoms with Gasteiger partial charge in [0.05, 0.1) is 30.4 Å². The second-order valence-corrected chi connectivity index (χ2v) is 7.53. The van der Waals surface area contributed by atoms with E-state index in [1.807, 2.05) is 59.2 Å². The number of fused-ring (bicyclic) bond motifs is 1. The van der Waals surface area contributed by atoms with Crippen LogP contribution in [0.4, 0.5) is 0 Å². The molecule has 3 heterocycles. The molecule has 0 saturated carbocycles. The molecule has 0 saturated heterocycles. The zero-order chi connectivity index (χ0) is 21.2. The molecule has 3 aromatic heterocycles. The minimum absolute atomic E-state index is 0.228. The molecule has 5 aromatic rings. The molecule has 10 heteroatoms. The molecule has 0 spiro atoms. The Bertz CT molecular complexity index is 1410. The molecule has 2 aromatic carbocycles. The van der Waals surface area contributed by atoms with E-state index in [-0.39, 0.29) is 5.56 Å². The van der Waals surface area contributed by atoms with Gasteiger partial charge in [-0.2, -0.15) is 5.10 Å². The van der Waals surface area contributed by atoms with Gasteiger partial charge in [0, 0.05) is 0 Å². The highest BCUT2D eigenvalue weighted by Crippen LogP contribution is 2.27. The molecule has 31 heavy (non-hydrogen) atoms. The monoisotopic (exact) mass is 431 g/mol. The number of thioether (sulfide) groups is 1. The highest BCUT2D eigenvalue weighted by atomic mass is 32.2. The summed E-state index contributed by atoms with van der Waals surface area (Å²) >= 11 is 1.41. The summed E-state index contributed by atoms with van der Waals surface area (Å²) in [5.74, 6) is 1.64. The van der Waals surface area contributed by atoms with Crippen LogP contribution in [0, 0.1) is 0 Å². The van der Waals surface area contributed by atoms with Crippen molar-refractivity contribution in [3.05, 3.63) is 83.3 Å². The lowest BCUT2D eigenvalue weighted by Gasteiger charge is -2.10. The molecule has 9 nitrogen and oxygen atoms in total. The van der Waals surface area contributed by atoms with Crippen molar-refractivity contribution in [3.8, 4) is 17.1 Å². The number of ether oxygens (including phenoxy) is 1.